The van der Waals surface area contributed by atoms with Crippen molar-refractivity contribution >= 4 is 46.4 Å². The van der Waals surface area contributed by atoms with Crippen molar-refractivity contribution in [1.82, 2.24) is 4.90 Å². The van der Waals surface area contributed by atoms with Crippen LogP contribution in [0.5, 0.6) is 0 Å². The molecule has 2 unspecified atom stereocenters. The number of nitrogens with zero attached hydrogens (tertiary/aromatic N) is 2. The standard InChI is InChI=1S/C29H31Cl2N3O4/c1-18-4-11-26-24(16-18)28(35)34(19(2)23-10-9-22(31)17-25(23)32)27(20-5-7-21(30)8-6-20)29(36)33(26)12-13-38-15-14-37-3/h4-11,16-17,19,27H,12-15,32H2,1-3H3. The molecule has 4 rings (SSSR count). The Balaban J connectivity index is 1.86. The topological polar surface area (TPSA) is 85.1 Å². The third-order valence-corrected chi connectivity index (χ3v) is 7.17. The minimum absolute atomic E-state index is 0.252. The van der Waals surface area contributed by atoms with Crippen LogP contribution in [0, 0.1) is 6.92 Å². The molecule has 7 nitrogen and oxygen atoms in total. The second-order valence-electron chi connectivity index (χ2n) is 9.23. The van der Waals surface area contributed by atoms with Gasteiger partial charge in [0.25, 0.3) is 11.8 Å². The van der Waals surface area contributed by atoms with Gasteiger partial charge in [-0.3, -0.25) is 9.59 Å². The molecule has 0 aliphatic carbocycles. The van der Waals surface area contributed by atoms with E-state index in [2.05, 4.69) is 0 Å². The molecule has 1 heterocycles. The van der Waals surface area contributed by atoms with Gasteiger partial charge in [-0.1, -0.05) is 53.0 Å². The number of rotatable bonds is 9. The van der Waals surface area contributed by atoms with E-state index in [0.717, 1.165) is 5.56 Å². The summed E-state index contributed by atoms with van der Waals surface area (Å²) in [6, 6.07) is 16.2. The predicted octanol–water partition coefficient (Wildman–Crippen LogP) is 5.84. The monoisotopic (exact) mass is 555 g/mol. The van der Waals surface area contributed by atoms with Crippen molar-refractivity contribution in [3.63, 3.8) is 0 Å². The van der Waals surface area contributed by atoms with Gasteiger partial charge in [0.05, 0.1) is 37.1 Å². The van der Waals surface area contributed by atoms with E-state index in [1.54, 1.807) is 59.4 Å². The average molecular weight is 556 g/mol. The number of nitrogens with two attached hydrogens (primary N) is 1. The highest BCUT2D eigenvalue weighted by Crippen LogP contribution is 2.41. The smallest absolute Gasteiger partial charge is 0.257 e. The Morgan fingerprint density at radius 3 is 2.34 bits per heavy atom. The fourth-order valence-corrected chi connectivity index (χ4v) is 5.06. The molecule has 0 fully saturated rings. The molecule has 38 heavy (non-hydrogen) atoms. The van der Waals surface area contributed by atoms with Crippen molar-refractivity contribution in [2.75, 3.05) is 44.1 Å². The van der Waals surface area contributed by atoms with E-state index in [9.17, 15) is 9.59 Å². The van der Waals surface area contributed by atoms with Crippen molar-refractivity contribution in [2.24, 2.45) is 0 Å². The van der Waals surface area contributed by atoms with Crippen LogP contribution in [0.4, 0.5) is 11.4 Å². The van der Waals surface area contributed by atoms with Crippen LogP contribution in [0.3, 0.4) is 0 Å². The van der Waals surface area contributed by atoms with Gasteiger partial charge in [-0.15, -0.1) is 0 Å². The van der Waals surface area contributed by atoms with Gasteiger partial charge in [-0.2, -0.15) is 0 Å². The molecule has 0 bridgehead atoms. The van der Waals surface area contributed by atoms with Gasteiger partial charge in [0, 0.05) is 29.4 Å². The van der Waals surface area contributed by atoms with E-state index < -0.39 is 12.1 Å². The summed E-state index contributed by atoms with van der Waals surface area (Å²) in [5.41, 5.74) is 10.0. The van der Waals surface area contributed by atoms with Gasteiger partial charge >= 0.3 is 0 Å². The fraction of sp³-hybridized carbons (Fsp3) is 0.310. The third-order valence-electron chi connectivity index (χ3n) is 6.68. The van der Waals surface area contributed by atoms with Crippen LogP contribution in [0.1, 0.15) is 46.1 Å². The zero-order chi connectivity index (χ0) is 27.4. The first-order chi connectivity index (χ1) is 18.2. The molecule has 1 aliphatic rings. The molecule has 2 N–H and O–H groups in total. The Bertz CT molecular complexity index is 1320. The number of carbonyl (C=O) groups is 2. The van der Waals surface area contributed by atoms with Crippen molar-refractivity contribution in [2.45, 2.75) is 25.9 Å². The lowest BCUT2D eigenvalue weighted by Crippen LogP contribution is -2.44. The van der Waals surface area contributed by atoms with E-state index in [4.69, 9.17) is 38.4 Å². The Morgan fingerprint density at radius 1 is 0.947 bits per heavy atom. The minimum Gasteiger partial charge on any atom is -0.398 e. The third kappa shape index (κ3) is 5.81. The molecule has 0 aromatic heterocycles. The van der Waals surface area contributed by atoms with Crippen LogP contribution in [0.2, 0.25) is 10.0 Å². The van der Waals surface area contributed by atoms with Crippen molar-refractivity contribution in [1.29, 1.82) is 0 Å². The number of anilines is 2. The van der Waals surface area contributed by atoms with Crippen LogP contribution < -0.4 is 10.6 Å². The first kappa shape index (κ1) is 27.9. The molecule has 2 atom stereocenters. The number of hydrogen-bond donors (Lipinski definition) is 1. The van der Waals surface area contributed by atoms with Crippen molar-refractivity contribution < 1.29 is 19.1 Å². The van der Waals surface area contributed by atoms with Gasteiger partial charge in [-0.05, 0) is 61.4 Å². The van der Waals surface area contributed by atoms with Gasteiger partial charge in [0.15, 0.2) is 0 Å². The van der Waals surface area contributed by atoms with Crippen LogP contribution >= 0.6 is 23.2 Å². The average Bonchev–Trinajstić information content (AvgIpc) is 2.97. The fourth-order valence-electron chi connectivity index (χ4n) is 4.75. The maximum absolute atomic E-state index is 14.4. The molecule has 1 aliphatic heterocycles. The van der Waals surface area contributed by atoms with Gasteiger partial charge < -0.3 is 25.0 Å². The number of benzene rings is 3. The zero-order valence-corrected chi connectivity index (χ0v) is 23.1. The number of nitrogen functional groups attached to an aromatic ring is 1. The van der Waals surface area contributed by atoms with E-state index >= 15 is 0 Å². The predicted molar refractivity (Wildman–Crippen MR) is 151 cm³/mol. The lowest BCUT2D eigenvalue weighted by atomic mass is 9.97. The zero-order valence-electron chi connectivity index (χ0n) is 21.6. The van der Waals surface area contributed by atoms with E-state index in [0.29, 0.717) is 51.3 Å². The molecule has 3 aromatic rings. The number of ether oxygens (including phenoxy) is 2. The second kappa shape index (κ2) is 12.2. The molecule has 3 aromatic carbocycles. The van der Waals surface area contributed by atoms with Crippen LogP contribution in [0.15, 0.2) is 60.7 Å². The summed E-state index contributed by atoms with van der Waals surface area (Å²) in [5, 5.41) is 1.02. The number of amides is 2. The molecular weight excluding hydrogens is 525 g/mol. The Morgan fingerprint density at radius 2 is 1.66 bits per heavy atom. The summed E-state index contributed by atoms with van der Waals surface area (Å²) in [6.45, 7) is 5.18. The minimum atomic E-state index is -0.934. The summed E-state index contributed by atoms with van der Waals surface area (Å²) in [4.78, 5) is 32.0. The Kier molecular flexibility index (Phi) is 8.95. The molecular formula is C29H31Cl2N3O4. The van der Waals surface area contributed by atoms with Gasteiger partial charge in [0.2, 0.25) is 0 Å². The molecule has 0 saturated heterocycles. The van der Waals surface area contributed by atoms with E-state index in [-0.39, 0.29) is 25.0 Å². The van der Waals surface area contributed by atoms with Crippen molar-refractivity contribution in [3.05, 3.63) is 93.0 Å². The van der Waals surface area contributed by atoms with Crippen LogP contribution in [-0.2, 0) is 14.3 Å². The molecule has 200 valence electrons. The lowest BCUT2D eigenvalue weighted by molar-refractivity contribution is -0.124. The van der Waals surface area contributed by atoms with E-state index in [1.165, 1.54) is 0 Å². The van der Waals surface area contributed by atoms with Gasteiger partial charge in [0.1, 0.15) is 6.04 Å². The molecule has 2 amide bonds. The number of aryl methyl sites for hydroxylation is 1. The van der Waals surface area contributed by atoms with Gasteiger partial charge in [-0.25, -0.2) is 0 Å². The SMILES string of the molecule is COCCOCCN1C(=O)C(c2ccc(Cl)cc2)N(C(C)c2ccc(Cl)cc2N)C(=O)c2cc(C)ccc21. The van der Waals surface area contributed by atoms with E-state index in [1.807, 2.05) is 32.0 Å². The number of carbonyl (C=O) groups excluding carboxylic acids is 2. The van der Waals surface area contributed by atoms with Crippen LogP contribution in [0.25, 0.3) is 0 Å². The highest BCUT2D eigenvalue weighted by Gasteiger charge is 2.43. The number of halogens is 2. The summed E-state index contributed by atoms with van der Waals surface area (Å²) in [6.07, 6.45) is 0. The highest BCUT2D eigenvalue weighted by atomic mass is 35.5. The Labute approximate surface area is 233 Å². The number of methoxy groups -OCH3 is 1. The normalized spacial score (nSPS) is 16.4. The lowest BCUT2D eigenvalue weighted by Gasteiger charge is -2.36. The maximum Gasteiger partial charge on any atom is 0.257 e. The first-order valence-electron chi connectivity index (χ1n) is 12.3. The number of fused-ring (bicyclic) bond motifs is 1. The maximum atomic E-state index is 14.4. The highest BCUT2D eigenvalue weighted by molar-refractivity contribution is 6.31. The van der Waals surface area contributed by atoms with Crippen LogP contribution in [-0.4, -0.2) is 50.2 Å². The summed E-state index contributed by atoms with van der Waals surface area (Å²) >= 11 is 12.3. The second-order valence-corrected chi connectivity index (χ2v) is 10.1. The molecule has 9 heteroatoms. The number of hydrogen-bond acceptors (Lipinski definition) is 5. The summed E-state index contributed by atoms with van der Waals surface area (Å²) in [7, 11) is 1.60. The molecule has 0 spiro atoms. The quantitative estimate of drug-likeness (QED) is 0.265. The Hall–Kier alpha value is -3.10. The first-order valence-corrected chi connectivity index (χ1v) is 13.1. The molecule has 0 saturated carbocycles. The molecule has 0 radical (unpaired) electrons. The van der Waals surface area contributed by atoms with Crippen molar-refractivity contribution in [3.8, 4) is 0 Å². The summed E-state index contributed by atoms with van der Waals surface area (Å²) in [5.74, 6) is -0.528. The largest absolute Gasteiger partial charge is 0.398 e. The summed E-state index contributed by atoms with van der Waals surface area (Å²) < 4.78 is 10.8.